The third-order valence-corrected chi connectivity index (χ3v) is 6.45. The summed E-state index contributed by atoms with van der Waals surface area (Å²) in [4.78, 5) is 27.9. The average Bonchev–Trinajstić information content (AvgIpc) is 3.22. The first-order valence-electron chi connectivity index (χ1n) is 8.89. The van der Waals surface area contributed by atoms with Crippen LogP contribution in [0.3, 0.4) is 0 Å². The quantitative estimate of drug-likeness (QED) is 0.717. The van der Waals surface area contributed by atoms with E-state index in [1.54, 1.807) is 24.3 Å². The lowest BCUT2D eigenvalue weighted by atomic mass is 10.0. The molecule has 2 aliphatic rings. The zero-order valence-electron chi connectivity index (χ0n) is 15.2. The van der Waals surface area contributed by atoms with Crippen molar-refractivity contribution in [3.63, 3.8) is 0 Å². The van der Waals surface area contributed by atoms with E-state index >= 15 is 0 Å². The predicted molar refractivity (Wildman–Crippen MR) is 98.5 cm³/mol. The van der Waals surface area contributed by atoms with Gasteiger partial charge in [-0.25, -0.2) is 13.1 Å². The molecule has 7 nitrogen and oxygen atoms in total. The molecule has 2 aliphatic heterocycles. The van der Waals surface area contributed by atoms with Crippen LogP contribution in [0.5, 0.6) is 0 Å². The van der Waals surface area contributed by atoms with Gasteiger partial charge in [-0.05, 0) is 51.9 Å². The van der Waals surface area contributed by atoms with E-state index in [-0.39, 0.29) is 17.8 Å². The highest BCUT2D eigenvalue weighted by molar-refractivity contribution is 7.89. The first-order valence-corrected chi connectivity index (χ1v) is 10.5. The van der Waals surface area contributed by atoms with Gasteiger partial charge in [-0.3, -0.25) is 19.4 Å². The Morgan fingerprint density at radius 2 is 1.58 bits per heavy atom. The van der Waals surface area contributed by atoms with Gasteiger partial charge in [-0.15, -0.1) is 0 Å². The van der Waals surface area contributed by atoms with Crippen molar-refractivity contribution >= 4 is 21.8 Å². The Morgan fingerprint density at radius 1 is 1.04 bits per heavy atom. The molecule has 1 aromatic rings. The van der Waals surface area contributed by atoms with Gasteiger partial charge in [0.05, 0.1) is 16.9 Å². The Labute approximate surface area is 154 Å². The van der Waals surface area contributed by atoms with Crippen molar-refractivity contribution in [2.24, 2.45) is 0 Å². The van der Waals surface area contributed by atoms with Gasteiger partial charge in [0.1, 0.15) is 0 Å². The number of carbonyl (C=O) groups is 2. The second kappa shape index (κ2) is 7.09. The van der Waals surface area contributed by atoms with Crippen molar-refractivity contribution in [3.8, 4) is 0 Å². The average molecular weight is 379 g/mol. The summed E-state index contributed by atoms with van der Waals surface area (Å²) in [5.41, 5.74) is 0.398. The molecular weight excluding hydrogens is 354 g/mol. The third-order valence-electron chi connectivity index (χ3n) is 5.15. The van der Waals surface area contributed by atoms with Gasteiger partial charge in [-0.2, -0.15) is 0 Å². The summed E-state index contributed by atoms with van der Waals surface area (Å²) < 4.78 is 27.3. The minimum atomic E-state index is -3.59. The molecule has 0 atom stereocenters. The number of likely N-dealkylation sites (tertiary alicyclic amines) is 1. The van der Waals surface area contributed by atoms with Crippen molar-refractivity contribution in [2.75, 3.05) is 31.9 Å². The van der Waals surface area contributed by atoms with Crippen molar-refractivity contribution in [2.45, 2.75) is 32.2 Å². The number of imide groups is 1. The number of hydrogen-bond donors (Lipinski definition) is 1. The molecule has 8 heteroatoms. The fourth-order valence-corrected chi connectivity index (χ4v) is 4.59. The van der Waals surface area contributed by atoms with Crippen LogP contribution < -0.4 is 4.72 Å². The Balaban J connectivity index is 1.57. The van der Waals surface area contributed by atoms with Gasteiger partial charge in [0.2, 0.25) is 10.0 Å². The van der Waals surface area contributed by atoms with Gasteiger partial charge in [0, 0.05) is 18.6 Å². The van der Waals surface area contributed by atoms with Crippen LogP contribution in [-0.2, 0) is 10.0 Å². The highest BCUT2D eigenvalue weighted by Gasteiger charge is 2.36. The topological polar surface area (TPSA) is 86.8 Å². The van der Waals surface area contributed by atoms with Crippen LogP contribution in [-0.4, -0.2) is 67.5 Å². The molecule has 2 amide bonds. The van der Waals surface area contributed by atoms with Crippen molar-refractivity contribution < 1.29 is 18.0 Å². The smallest absolute Gasteiger partial charge is 0.261 e. The normalized spacial score (nSPS) is 18.6. The molecule has 1 saturated heterocycles. The predicted octanol–water partition coefficient (Wildman–Crippen LogP) is 1.08. The number of amides is 2. The molecule has 3 rings (SSSR count). The second-order valence-electron chi connectivity index (χ2n) is 7.45. The van der Waals surface area contributed by atoms with Crippen LogP contribution >= 0.6 is 0 Å². The summed E-state index contributed by atoms with van der Waals surface area (Å²) in [5.74, 6) is -1.16. The summed E-state index contributed by atoms with van der Waals surface area (Å²) in [6, 6.07) is 6.54. The number of hydrogen-bond acceptors (Lipinski definition) is 5. The van der Waals surface area contributed by atoms with Crippen molar-refractivity contribution in [1.29, 1.82) is 0 Å². The van der Waals surface area contributed by atoms with Gasteiger partial charge in [0.15, 0.2) is 0 Å². The maximum atomic E-state index is 12.4. The first kappa shape index (κ1) is 19.0. The summed E-state index contributed by atoms with van der Waals surface area (Å²) in [5, 5.41) is 0. The first-order chi connectivity index (χ1) is 12.2. The number of carbonyl (C=O) groups excluding carboxylic acids is 2. The fraction of sp³-hybridized carbons (Fsp3) is 0.556. The number of nitrogens with one attached hydrogen (secondary N) is 1. The summed E-state index contributed by atoms with van der Waals surface area (Å²) in [6.45, 7) is 6.15. The molecule has 0 saturated carbocycles. The number of sulfonamides is 1. The Bertz CT molecular complexity index is 778. The molecule has 0 unspecified atom stereocenters. The van der Waals surface area contributed by atoms with E-state index in [1.807, 2.05) is 13.8 Å². The standard InChI is InChI=1S/C18H25N3O4S/c1-18(2,20-9-5-6-10-20)13-19-26(24,25)12-11-21-16(22)14-7-3-4-8-15(14)17(21)23/h3-4,7-8,19H,5-6,9-13H2,1-2H3. The summed E-state index contributed by atoms with van der Waals surface area (Å²) in [7, 11) is -3.59. The molecule has 26 heavy (non-hydrogen) atoms. The van der Waals surface area contributed by atoms with Gasteiger partial charge < -0.3 is 0 Å². The third kappa shape index (κ3) is 3.82. The number of rotatable bonds is 7. The second-order valence-corrected chi connectivity index (χ2v) is 9.38. The van der Waals surface area contributed by atoms with Crippen molar-refractivity contribution in [1.82, 2.24) is 14.5 Å². The van der Waals surface area contributed by atoms with E-state index < -0.39 is 21.8 Å². The van der Waals surface area contributed by atoms with Crippen LogP contribution in [0.4, 0.5) is 0 Å². The molecule has 0 spiro atoms. The maximum Gasteiger partial charge on any atom is 0.261 e. The van der Waals surface area contributed by atoms with Crippen molar-refractivity contribution in [3.05, 3.63) is 35.4 Å². The molecule has 0 bridgehead atoms. The monoisotopic (exact) mass is 379 g/mol. The Kier molecular flexibility index (Phi) is 5.18. The summed E-state index contributed by atoms with van der Waals surface area (Å²) in [6.07, 6.45) is 2.27. The van der Waals surface area contributed by atoms with Crippen LogP contribution in [0.25, 0.3) is 0 Å². The van der Waals surface area contributed by atoms with E-state index in [9.17, 15) is 18.0 Å². The lowest BCUT2D eigenvalue weighted by Crippen LogP contribution is -2.51. The van der Waals surface area contributed by atoms with E-state index in [4.69, 9.17) is 0 Å². The fourth-order valence-electron chi connectivity index (χ4n) is 3.45. The van der Waals surface area contributed by atoms with E-state index in [0.717, 1.165) is 30.8 Å². The molecule has 1 aromatic carbocycles. The molecule has 1 fully saturated rings. The highest BCUT2D eigenvalue weighted by atomic mass is 32.2. The van der Waals surface area contributed by atoms with Crippen LogP contribution in [0.1, 0.15) is 47.4 Å². The van der Waals surface area contributed by atoms with Gasteiger partial charge in [0.25, 0.3) is 11.8 Å². The van der Waals surface area contributed by atoms with Crippen LogP contribution in [0, 0.1) is 0 Å². The number of fused-ring (bicyclic) bond motifs is 1. The van der Waals surface area contributed by atoms with Crippen LogP contribution in [0.15, 0.2) is 24.3 Å². The van der Waals surface area contributed by atoms with Gasteiger partial charge >= 0.3 is 0 Å². The van der Waals surface area contributed by atoms with Crippen LogP contribution in [0.2, 0.25) is 0 Å². The lowest BCUT2D eigenvalue weighted by molar-refractivity contribution is 0.0664. The minimum Gasteiger partial charge on any atom is -0.297 e. The molecule has 0 aromatic heterocycles. The van der Waals surface area contributed by atoms with Gasteiger partial charge in [-0.1, -0.05) is 12.1 Å². The Hall–Kier alpha value is -1.77. The highest BCUT2D eigenvalue weighted by Crippen LogP contribution is 2.22. The molecule has 0 aliphatic carbocycles. The van der Waals surface area contributed by atoms with E-state index in [0.29, 0.717) is 17.7 Å². The molecule has 142 valence electrons. The lowest BCUT2D eigenvalue weighted by Gasteiger charge is -2.35. The zero-order valence-corrected chi connectivity index (χ0v) is 16.0. The minimum absolute atomic E-state index is 0.147. The molecule has 0 radical (unpaired) electrons. The van der Waals surface area contributed by atoms with E-state index in [2.05, 4.69) is 9.62 Å². The number of nitrogens with zero attached hydrogens (tertiary/aromatic N) is 2. The Morgan fingerprint density at radius 3 is 2.12 bits per heavy atom. The molecular formula is C18H25N3O4S. The largest absolute Gasteiger partial charge is 0.297 e. The van der Waals surface area contributed by atoms with E-state index in [1.165, 1.54) is 0 Å². The number of benzene rings is 1. The molecule has 1 N–H and O–H groups in total. The zero-order chi connectivity index (χ0) is 18.9. The summed E-state index contributed by atoms with van der Waals surface area (Å²) >= 11 is 0. The SMILES string of the molecule is CC(C)(CNS(=O)(=O)CCN1C(=O)c2ccccc2C1=O)N1CCCC1. The molecule has 2 heterocycles. The maximum absolute atomic E-state index is 12.4.